The highest BCUT2D eigenvalue weighted by atomic mass is 19.1. The topological polar surface area (TPSA) is 60.2 Å². The molecule has 3 N–H and O–H groups in total. The minimum atomic E-state index is -0.350. The van der Waals surface area contributed by atoms with Gasteiger partial charge in [0.15, 0.2) is 11.6 Å². The summed E-state index contributed by atoms with van der Waals surface area (Å²) in [6, 6.07) is 6.79. The molecule has 0 bridgehead atoms. The van der Waals surface area contributed by atoms with Gasteiger partial charge in [-0.15, -0.1) is 0 Å². The Bertz CT molecular complexity index is 589. The van der Waals surface area contributed by atoms with Crippen LogP contribution < -0.4 is 16.0 Å². The number of hydrogen-bond acceptors (Lipinski definition) is 4. The molecule has 0 amide bonds. The Labute approximate surface area is 117 Å². The van der Waals surface area contributed by atoms with Gasteiger partial charge in [-0.2, -0.15) is 0 Å². The summed E-state index contributed by atoms with van der Waals surface area (Å²) < 4.78 is 19.2. The number of methoxy groups -OCH3 is 1. The number of halogens is 1. The fourth-order valence-electron chi connectivity index (χ4n) is 2.19. The fourth-order valence-corrected chi connectivity index (χ4v) is 2.19. The van der Waals surface area contributed by atoms with E-state index in [1.54, 1.807) is 30.6 Å². The fraction of sp³-hybridized carbons (Fsp3) is 0.267. The van der Waals surface area contributed by atoms with E-state index in [0.717, 1.165) is 11.1 Å². The van der Waals surface area contributed by atoms with Crippen molar-refractivity contribution in [1.29, 1.82) is 0 Å². The van der Waals surface area contributed by atoms with Crippen LogP contribution in [-0.4, -0.2) is 12.1 Å². The number of nitrogens with one attached hydrogen (secondary N) is 1. The van der Waals surface area contributed by atoms with Gasteiger partial charge in [0, 0.05) is 12.4 Å². The third kappa shape index (κ3) is 2.95. The smallest absolute Gasteiger partial charge is 0.168 e. The first-order valence-electron chi connectivity index (χ1n) is 6.35. The second-order valence-electron chi connectivity index (χ2n) is 4.59. The number of benzene rings is 1. The quantitative estimate of drug-likeness (QED) is 0.649. The lowest BCUT2D eigenvalue weighted by Gasteiger charge is -2.19. The molecule has 5 heteroatoms. The first-order valence-corrected chi connectivity index (χ1v) is 6.35. The summed E-state index contributed by atoms with van der Waals surface area (Å²) in [5, 5.41) is 0. The zero-order valence-corrected chi connectivity index (χ0v) is 11.6. The Balaban J connectivity index is 2.30. The Morgan fingerprint density at radius 3 is 2.85 bits per heavy atom. The van der Waals surface area contributed by atoms with Crippen LogP contribution in [0.15, 0.2) is 36.7 Å². The number of ether oxygens (including phenoxy) is 1. The van der Waals surface area contributed by atoms with Crippen LogP contribution in [0.25, 0.3) is 0 Å². The Morgan fingerprint density at radius 1 is 1.40 bits per heavy atom. The van der Waals surface area contributed by atoms with Gasteiger partial charge in [0.25, 0.3) is 0 Å². The average molecular weight is 275 g/mol. The van der Waals surface area contributed by atoms with Crippen LogP contribution in [0.4, 0.5) is 4.39 Å². The molecule has 1 atom stereocenters. The molecule has 1 unspecified atom stereocenters. The second-order valence-corrected chi connectivity index (χ2v) is 4.59. The molecule has 1 heterocycles. The van der Waals surface area contributed by atoms with Crippen LogP contribution in [0.2, 0.25) is 0 Å². The van der Waals surface area contributed by atoms with Crippen LogP contribution in [0.5, 0.6) is 5.75 Å². The van der Waals surface area contributed by atoms with Gasteiger partial charge in [0.1, 0.15) is 0 Å². The Morgan fingerprint density at radius 2 is 2.20 bits per heavy atom. The molecule has 0 aliphatic heterocycles. The van der Waals surface area contributed by atoms with E-state index in [1.165, 1.54) is 7.11 Å². The standard InChI is InChI=1S/C15H18FN3O/c1-10-6-7-18-9-12(10)13(19-17)8-11-4-3-5-14(20-2)15(11)16/h3-7,9,13,19H,8,17H2,1-2H3. The third-order valence-corrected chi connectivity index (χ3v) is 3.34. The van der Waals surface area contributed by atoms with Gasteiger partial charge >= 0.3 is 0 Å². The van der Waals surface area contributed by atoms with Crippen molar-refractivity contribution in [3.8, 4) is 5.75 Å². The average Bonchev–Trinajstić information content (AvgIpc) is 2.47. The molecule has 2 rings (SSSR count). The second kappa shape index (κ2) is 6.45. The molecule has 106 valence electrons. The van der Waals surface area contributed by atoms with Gasteiger partial charge < -0.3 is 4.74 Å². The number of hydrazine groups is 1. The lowest BCUT2D eigenvalue weighted by Crippen LogP contribution is -2.30. The molecule has 0 aliphatic rings. The maximum Gasteiger partial charge on any atom is 0.168 e. The van der Waals surface area contributed by atoms with Crippen molar-refractivity contribution >= 4 is 0 Å². The lowest BCUT2D eigenvalue weighted by molar-refractivity contribution is 0.382. The molecule has 0 saturated heterocycles. The SMILES string of the molecule is COc1cccc(CC(NN)c2cnccc2C)c1F. The molecule has 0 radical (unpaired) electrons. The highest BCUT2D eigenvalue weighted by Gasteiger charge is 2.17. The number of rotatable bonds is 5. The third-order valence-electron chi connectivity index (χ3n) is 3.34. The zero-order valence-electron chi connectivity index (χ0n) is 11.6. The van der Waals surface area contributed by atoms with Gasteiger partial charge in [-0.25, -0.2) is 4.39 Å². The number of hydrogen-bond donors (Lipinski definition) is 2. The molecule has 2 aromatic rings. The van der Waals surface area contributed by atoms with E-state index in [0.29, 0.717) is 12.0 Å². The first-order chi connectivity index (χ1) is 9.67. The number of nitrogens with zero attached hydrogens (tertiary/aromatic N) is 1. The summed E-state index contributed by atoms with van der Waals surface area (Å²) in [7, 11) is 1.45. The minimum Gasteiger partial charge on any atom is -0.494 e. The maximum absolute atomic E-state index is 14.2. The summed E-state index contributed by atoms with van der Waals surface area (Å²) in [6.07, 6.45) is 3.89. The van der Waals surface area contributed by atoms with E-state index >= 15 is 0 Å². The highest BCUT2D eigenvalue weighted by molar-refractivity contribution is 5.33. The zero-order chi connectivity index (χ0) is 14.5. The predicted molar refractivity (Wildman–Crippen MR) is 75.7 cm³/mol. The van der Waals surface area contributed by atoms with Crippen molar-refractivity contribution in [3.05, 3.63) is 59.2 Å². The largest absolute Gasteiger partial charge is 0.494 e. The number of pyridine rings is 1. The van der Waals surface area contributed by atoms with E-state index in [4.69, 9.17) is 10.6 Å². The molecular weight excluding hydrogens is 257 g/mol. The van der Waals surface area contributed by atoms with Crippen LogP contribution in [0.3, 0.4) is 0 Å². The maximum atomic E-state index is 14.2. The van der Waals surface area contributed by atoms with Crippen LogP contribution in [0, 0.1) is 12.7 Å². The van der Waals surface area contributed by atoms with E-state index < -0.39 is 0 Å². The number of nitrogens with two attached hydrogens (primary N) is 1. The molecule has 0 spiro atoms. The summed E-state index contributed by atoms with van der Waals surface area (Å²) >= 11 is 0. The number of aryl methyl sites for hydroxylation is 1. The van der Waals surface area contributed by atoms with E-state index in [9.17, 15) is 4.39 Å². The van der Waals surface area contributed by atoms with E-state index in [1.807, 2.05) is 13.0 Å². The predicted octanol–water partition coefficient (Wildman–Crippen LogP) is 2.28. The molecule has 0 saturated carbocycles. The van der Waals surface area contributed by atoms with Gasteiger partial charge in [-0.1, -0.05) is 12.1 Å². The van der Waals surface area contributed by atoms with Crippen LogP contribution in [0.1, 0.15) is 22.7 Å². The molecule has 0 aliphatic carbocycles. The van der Waals surface area contributed by atoms with Crippen molar-refractivity contribution in [2.24, 2.45) is 5.84 Å². The van der Waals surface area contributed by atoms with Crippen LogP contribution >= 0.6 is 0 Å². The lowest BCUT2D eigenvalue weighted by atomic mass is 9.97. The Kier molecular flexibility index (Phi) is 4.65. The normalized spacial score (nSPS) is 12.2. The molecule has 0 fully saturated rings. The van der Waals surface area contributed by atoms with Gasteiger partial charge in [0.2, 0.25) is 0 Å². The summed E-state index contributed by atoms with van der Waals surface area (Å²) in [6.45, 7) is 1.98. The number of aromatic nitrogens is 1. The van der Waals surface area contributed by atoms with E-state index in [2.05, 4.69) is 10.4 Å². The van der Waals surface area contributed by atoms with E-state index in [-0.39, 0.29) is 17.6 Å². The van der Waals surface area contributed by atoms with Gasteiger partial charge in [0.05, 0.1) is 13.2 Å². The monoisotopic (exact) mass is 275 g/mol. The first kappa shape index (κ1) is 14.4. The van der Waals surface area contributed by atoms with Gasteiger partial charge in [-0.05, 0) is 42.2 Å². The summed E-state index contributed by atoms with van der Waals surface area (Å²) in [5.41, 5.74) is 5.29. The van der Waals surface area contributed by atoms with Crippen molar-refractivity contribution < 1.29 is 9.13 Å². The minimum absolute atomic E-state index is 0.203. The highest BCUT2D eigenvalue weighted by Crippen LogP contribution is 2.25. The van der Waals surface area contributed by atoms with Crippen molar-refractivity contribution in [2.75, 3.05) is 7.11 Å². The Hall–Kier alpha value is -1.98. The van der Waals surface area contributed by atoms with Crippen molar-refractivity contribution in [2.45, 2.75) is 19.4 Å². The molecule has 4 nitrogen and oxygen atoms in total. The molecule has 1 aromatic carbocycles. The van der Waals surface area contributed by atoms with Crippen LogP contribution in [-0.2, 0) is 6.42 Å². The van der Waals surface area contributed by atoms with Gasteiger partial charge in [-0.3, -0.25) is 16.3 Å². The summed E-state index contributed by atoms with van der Waals surface area (Å²) in [4.78, 5) is 4.10. The molecule has 20 heavy (non-hydrogen) atoms. The van der Waals surface area contributed by atoms with Crippen molar-refractivity contribution in [3.63, 3.8) is 0 Å². The molecule has 1 aromatic heterocycles. The summed E-state index contributed by atoms with van der Waals surface area (Å²) in [5.74, 6) is 5.50. The van der Waals surface area contributed by atoms with Crippen molar-refractivity contribution in [1.82, 2.24) is 10.4 Å². The molecular formula is C15H18FN3O.